The summed E-state index contributed by atoms with van der Waals surface area (Å²) in [5.74, 6) is 1.89. The maximum absolute atomic E-state index is 9.42. The van der Waals surface area contributed by atoms with Crippen molar-refractivity contribution in [1.29, 1.82) is 0 Å². The third kappa shape index (κ3) is 5.19. The number of nitrogens with zero attached hydrogens (tertiary/aromatic N) is 4. The third-order valence-corrected chi connectivity index (χ3v) is 5.87. The van der Waals surface area contributed by atoms with Crippen LogP contribution >= 0.6 is 11.9 Å². The van der Waals surface area contributed by atoms with E-state index in [2.05, 4.69) is 50.7 Å². The summed E-state index contributed by atoms with van der Waals surface area (Å²) in [5, 5.41) is 12.8. The molecule has 6 nitrogen and oxygen atoms in total. The van der Waals surface area contributed by atoms with Gasteiger partial charge in [0.1, 0.15) is 11.6 Å². The lowest BCUT2D eigenvalue weighted by molar-refractivity contribution is 0.426. The van der Waals surface area contributed by atoms with Crippen molar-refractivity contribution in [2.24, 2.45) is 0 Å². The monoisotopic (exact) mass is 407 g/mol. The number of anilines is 3. The van der Waals surface area contributed by atoms with Gasteiger partial charge in [-0.25, -0.2) is 9.29 Å². The number of rotatable bonds is 5. The second-order valence-electron chi connectivity index (χ2n) is 7.19. The SMILES string of the molecule is Cc1ccc(Nc2cc(C)nc(N3CCN(Sc4ccc(O)cc4)CC3)n2)cc1. The largest absolute Gasteiger partial charge is 0.508 e. The number of aromatic nitrogens is 2. The molecule has 0 saturated carbocycles. The van der Waals surface area contributed by atoms with E-state index in [1.807, 2.05) is 25.1 Å². The number of piperazine rings is 1. The van der Waals surface area contributed by atoms with Gasteiger partial charge in [-0.05, 0) is 62.2 Å². The summed E-state index contributed by atoms with van der Waals surface area (Å²) in [7, 11) is 0. The molecule has 0 aliphatic carbocycles. The van der Waals surface area contributed by atoms with E-state index in [4.69, 9.17) is 4.98 Å². The van der Waals surface area contributed by atoms with Crippen molar-refractivity contribution in [3.8, 4) is 5.75 Å². The van der Waals surface area contributed by atoms with E-state index >= 15 is 0 Å². The van der Waals surface area contributed by atoms with Gasteiger partial charge in [0.25, 0.3) is 0 Å². The predicted octanol–water partition coefficient (Wildman–Crippen LogP) is 4.37. The molecule has 0 unspecified atom stereocenters. The lowest BCUT2D eigenvalue weighted by atomic mass is 10.2. The highest BCUT2D eigenvalue weighted by molar-refractivity contribution is 7.97. The lowest BCUT2D eigenvalue weighted by Gasteiger charge is -2.34. The topological polar surface area (TPSA) is 64.5 Å². The van der Waals surface area contributed by atoms with Crippen molar-refractivity contribution >= 4 is 29.4 Å². The quantitative estimate of drug-likeness (QED) is 0.609. The Bertz CT molecular complexity index is 954. The average molecular weight is 408 g/mol. The highest BCUT2D eigenvalue weighted by Gasteiger charge is 2.20. The Morgan fingerprint density at radius 2 is 1.59 bits per heavy atom. The molecule has 1 aliphatic rings. The van der Waals surface area contributed by atoms with Gasteiger partial charge < -0.3 is 15.3 Å². The minimum Gasteiger partial charge on any atom is -0.508 e. The van der Waals surface area contributed by atoms with Gasteiger partial charge in [-0.15, -0.1) is 0 Å². The molecule has 4 rings (SSSR count). The number of aromatic hydroxyl groups is 1. The van der Waals surface area contributed by atoms with Crippen LogP contribution in [0.15, 0.2) is 59.5 Å². The number of hydrogen-bond donors (Lipinski definition) is 2. The van der Waals surface area contributed by atoms with Crippen molar-refractivity contribution in [2.45, 2.75) is 18.7 Å². The molecule has 0 amide bonds. The molecule has 150 valence electrons. The van der Waals surface area contributed by atoms with Gasteiger partial charge in [-0.1, -0.05) is 17.7 Å². The van der Waals surface area contributed by atoms with E-state index in [-0.39, 0.29) is 0 Å². The van der Waals surface area contributed by atoms with E-state index in [0.29, 0.717) is 5.75 Å². The van der Waals surface area contributed by atoms with Gasteiger partial charge in [-0.3, -0.25) is 0 Å². The van der Waals surface area contributed by atoms with E-state index in [0.717, 1.165) is 54.2 Å². The molecule has 2 heterocycles. The highest BCUT2D eigenvalue weighted by atomic mass is 32.2. The zero-order valence-corrected chi connectivity index (χ0v) is 17.5. The first-order valence-corrected chi connectivity index (χ1v) is 10.5. The molecule has 0 bridgehead atoms. The standard InChI is InChI=1S/C22H25N5OS/c1-16-3-5-18(6-4-16)24-21-15-17(2)23-22(25-21)26-11-13-27(14-12-26)29-20-9-7-19(28)8-10-20/h3-10,15,28H,11-14H2,1-2H3,(H,23,24,25). The molecular weight excluding hydrogens is 382 g/mol. The van der Waals surface area contributed by atoms with Crippen LogP contribution in [0.5, 0.6) is 5.75 Å². The Balaban J connectivity index is 1.39. The minimum atomic E-state index is 0.297. The number of aryl methyl sites for hydroxylation is 2. The number of benzene rings is 2. The molecule has 1 aliphatic heterocycles. The fourth-order valence-corrected chi connectivity index (χ4v) is 4.08. The molecule has 0 spiro atoms. The number of nitrogens with one attached hydrogen (secondary N) is 1. The first-order valence-electron chi connectivity index (χ1n) is 9.71. The Morgan fingerprint density at radius 3 is 2.28 bits per heavy atom. The summed E-state index contributed by atoms with van der Waals surface area (Å²) in [5.41, 5.74) is 3.21. The van der Waals surface area contributed by atoms with Crippen molar-refractivity contribution in [3.05, 3.63) is 65.9 Å². The molecule has 2 aromatic carbocycles. The van der Waals surface area contributed by atoms with Gasteiger partial charge in [0.05, 0.1) is 0 Å². The fourth-order valence-electron chi connectivity index (χ4n) is 3.18. The Kier molecular flexibility index (Phi) is 5.87. The molecule has 0 radical (unpaired) electrons. The highest BCUT2D eigenvalue weighted by Crippen LogP contribution is 2.27. The van der Waals surface area contributed by atoms with Crippen LogP contribution in [-0.4, -0.2) is 45.6 Å². The zero-order chi connectivity index (χ0) is 20.2. The zero-order valence-electron chi connectivity index (χ0n) is 16.7. The predicted molar refractivity (Wildman–Crippen MR) is 119 cm³/mol. The molecule has 29 heavy (non-hydrogen) atoms. The van der Waals surface area contributed by atoms with Crippen LogP contribution in [0.1, 0.15) is 11.3 Å². The van der Waals surface area contributed by atoms with Crippen LogP contribution in [-0.2, 0) is 0 Å². The minimum absolute atomic E-state index is 0.297. The molecule has 1 saturated heterocycles. The maximum Gasteiger partial charge on any atom is 0.227 e. The molecular formula is C22H25N5OS. The van der Waals surface area contributed by atoms with Crippen molar-refractivity contribution in [1.82, 2.24) is 14.3 Å². The molecule has 1 aromatic heterocycles. The fraction of sp³-hybridized carbons (Fsp3) is 0.273. The second kappa shape index (κ2) is 8.71. The van der Waals surface area contributed by atoms with Crippen LogP contribution in [0.2, 0.25) is 0 Å². The van der Waals surface area contributed by atoms with Crippen LogP contribution < -0.4 is 10.2 Å². The first-order chi connectivity index (χ1) is 14.0. The first kappa shape index (κ1) is 19.5. The summed E-state index contributed by atoms with van der Waals surface area (Å²) in [6, 6.07) is 17.6. The van der Waals surface area contributed by atoms with Gasteiger partial charge in [0, 0.05) is 48.5 Å². The van der Waals surface area contributed by atoms with Crippen LogP contribution in [0, 0.1) is 13.8 Å². The molecule has 3 aromatic rings. The maximum atomic E-state index is 9.42. The molecule has 2 N–H and O–H groups in total. The number of hydrogen-bond acceptors (Lipinski definition) is 7. The average Bonchev–Trinajstić information content (AvgIpc) is 2.72. The molecule has 7 heteroatoms. The van der Waals surface area contributed by atoms with Gasteiger partial charge in [0.15, 0.2) is 0 Å². The number of phenolic OH excluding ortho intramolecular Hbond substituents is 1. The van der Waals surface area contributed by atoms with Crippen molar-refractivity contribution in [2.75, 3.05) is 36.4 Å². The smallest absolute Gasteiger partial charge is 0.227 e. The van der Waals surface area contributed by atoms with E-state index in [1.54, 1.807) is 24.1 Å². The normalized spacial score (nSPS) is 14.8. The van der Waals surface area contributed by atoms with Gasteiger partial charge in [0.2, 0.25) is 5.95 Å². The molecule has 1 fully saturated rings. The third-order valence-electron chi connectivity index (χ3n) is 4.76. The van der Waals surface area contributed by atoms with Crippen LogP contribution in [0.4, 0.5) is 17.5 Å². The summed E-state index contributed by atoms with van der Waals surface area (Å²) < 4.78 is 2.34. The second-order valence-corrected chi connectivity index (χ2v) is 8.36. The van der Waals surface area contributed by atoms with Gasteiger partial charge in [-0.2, -0.15) is 4.98 Å². The van der Waals surface area contributed by atoms with Crippen LogP contribution in [0.3, 0.4) is 0 Å². The summed E-state index contributed by atoms with van der Waals surface area (Å²) in [4.78, 5) is 12.8. The van der Waals surface area contributed by atoms with Gasteiger partial charge >= 0.3 is 0 Å². The lowest BCUT2D eigenvalue weighted by Crippen LogP contribution is -2.44. The van der Waals surface area contributed by atoms with Crippen molar-refractivity contribution in [3.63, 3.8) is 0 Å². The van der Waals surface area contributed by atoms with E-state index in [9.17, 15) is 5.11 Å². The Morgan fingerprint density at radius 1 is 0.897 bits per heavy atom. The Hall–Kier alpha value is -2.77. The summed E-state index contributed by atoms with van der Waals surface area (Å²) in [6.45, 7) is 7.67. The van der Waals surface area contributed by atoms with Crippen molar-refractivity contribution < 1.29 is 5.11 Å². The van der Waals surface area contributed by atoms with E-state index < -0.39 is 0 Å². The summed E-state index contributed by atoms with van der Waals surface area (Å²) in [6.07, 6.45) is 0. The molecule has 0 atom stereocenters. The number of phenols is 1. The van der Waals surface area contributed by atoms with Crippen LogP contribution in [0.25, 0.3) is 0 Å². The van der Waals surface area contributed by atoms with E-state index in [1.165, 1.54) is 5.56 Å². The Labute approximate surface area is 175 Å². The summed E-state index contributed by atoms with van der Waals surface area (Å²) >= 11 is 1.72.